The Bertz CT molecular complexity index is 162. The van der Waals surface area contributed by atoms with Crippen molar-refractivity contribution in [3.8, 4) is 0 Å². The minimum atomic E-state index is 0.240. The molecule has 0 N–H and O–H groups in total. The van der Waals surface area contributed by atoms with E-state index in [-0.39, 0.29) is 5.78 Å². The molecule has 0 aromatic carbocycles. The molecule has 4 nitrogen and oxygen atoms in total. The van der Waals surface area contributed by atoms with Gasteiger partial charge >= 0.3 is 0 Å². The molecule has 4 heteroatoms. The van der Waals surface area contributed by atoms with Crippen LogP contribution in [0.15, 0.2) is 0 Å². The number of ketones is 1. The first-order valence-corrected chi connectivity index (χ1v) is 5.40. The summed E-state index contributed by atoms with van der Waals surface area (Å²) in [7, 11) is 3.40. The Morgan fingerprint density at radius 2 is 1.73 bits per heavy atom. The standard InChI is InChI=1S/C11H23NO3/c1-11(13)5-7-12(8-10-15-3)6-4-9-14-2/h4-10H2,1-3H3. The van der Waals surface area contributed by atoms with E-state index < -0.39 is 0 Å². The number of methoxy groups -OCH3 is 2. The van der Waals surface area contributed by atoms with Crippen LogP contribution in [0, 0.1) is 0 Å². The molecule has 0 aromatic heterocycles. The lowest BCUT2D eigenvalue weighted by atomic mass is 10.3. The normalized spacial score (nSPS) is 10.9. The number of hydrogen-bond donors (Lipinski definition) is 0. The van der Waals surface area contributed by atoms with E-state index in [0.29, 0.717) is 13.0 Å². The first kappa shape index (κ1) is 14.6. The quantitative estimate of drug-likeness (QED) is 0.511. The number of ether oxygens (including phenoxy) is 2. The van der Waals surface area contributed by atoms with Gasteiger partial charge in [-0.1, -0.05) is 0 Å². The van der Waals surface area contributed by atoms with Crippen LogP contribution in [-0.4, -0.2) is 57.8 Å². The fourth-order valence-electron chi connectivity index (χ4n) is 1.30. The second-order valence-corrected chi connectivity index (χ2v) is 3.63. The van der Waals surface area contributed by atoms with Crippen molar-refractivity contribution in [2.45, 2.75) is 19.8 Å². The minimum Gasteiger partial charge on any atom is -0.385 e. The van der Waals surface area contributed by atoms with E-state index in [1.54, 1.807) is 21.1 Å². The van der Waals surface area contributed by atoms with Gasteiger partial charge in [-0.2, -0.15) is 0 Å². The average molecular weight is 217 g/mol. The Kier molecular flexibility index (Phi) is 9.78. The smallest absolute Gasteiger partial charge is 0.131 e. The summed E-state index contributed by atoms with van der Waals surface area (Å²) in [6, 6.07) is 0. The molecule has 0 bridgehead atoms. The average Bonchev–Trinajstić information content (AvgIpc) is 2.21. The highest BCUT2D eigenvalue weighted by atomic mass is 16.5. The summed E-state index contributed by atoms with van der Waals surface area (Å²) in [4.78, 5) is 13.1. The maximum Gasteiger partial charge on any atom is 0.131 e. The second-order valence-electron chi connectivity index (χ2n) is 3.63. The number of hydrogen-bond acceptors (Lipinski definition) is 4. The van der Waals surface area contributed by atoms with E-state index in [4.69, 9.17) is 9.47 Å². The van der Waals surface area contributed by atoms with Crippen molar-refractivity contribution in [1.82, 2.24) is 4.90 Å². The largest absolute Gasteiger partial charge is 0.385 e. The van der Waals surface area contributed by atoms with Crippen molar-refractivity contribution in [3.63, 3.8) is 0 Å². The van der Waals surface area contributed by atoms with Gasteiger partial charge in [0, 0.05) is 46.9 Å². The number of nitrogens with zero attached hydrogens (tertiary/aromatic N) is 1. The summed E-state index contributed by atoms with van der Waals surface area (Å²) in [6.07, 6.45) is 1.62. The highest BCUT2D eigenvalue weighted by Gasteiger charge is 2.05. The summed E-state index contributed by atoms with van der Waals surface area (Å²) in [5, 5.41) is 0. The summed E-state index contributed by atoms with van der Waals surface area (Å²) in [5.74, 6) is 0.240. The zero-order valence-corrected chi connectivity index (χ0v) is 10.1. The van der Waals surface area contributed by atoms with Gasteiger partial charge in [0.05, 0.1) is 6.61 Å². The first-order chi connectivity index (χ1) is 7.20. The van der Waals surface area contributed by atoms with Crippen LogP contribution in [0.2, 0.25) is 0 Å². The van der Waals surface area contributed by atoms with Crippen molar-refractivity contribution in [2.24, 2.45) is 0 Å². The molecule has 0 fully saturated rings. The van der Waals surface area contributed by atoms with Gasteiger partial charge in [0.2, 0.25) is 0 Å². The Morgan fingerprint density at radius 3 is 2.27 bits per heavy atom. The molecule has 0 aromatic rings. The van der Waals surface area contributed by atoms with Crippen molar-refractivity contribution < 1.29 is 14.3 Å². The minimum absolute atomic E-state index is 0.240. The van der Waals surface area contributed by atoms with Gasteiger partial charge in [-0.25, -0.2) is 0 Å². The molecule has 0 unspecified atom stereocenters. The van der Waals surface area contributed by atoms with Crippen LogP contribution in [0.5, 0.6) is 0 Å². The summed E-state index contributed by atoms with van der Waals surface area (Å²) < 4.78 is 10.0. The van der Waals surface area contributed by atoms with Crippen LogP contribution in [0.3, 0.4) is 0 Å². The summed E-state index contributed by atoms with van der Waals surface area (Å²) in [5.41, 5.74) is 0. The lowest BCUT2D eigenvalue weighted by Gasteiger charge is -2.21. The first-order valence-electron chi connectivity index (χ1n) is 5.40. The van der Waals surface area contributed by atoms with Crippen molar-refractivity contribution >= 4 is 5.78 Å². The van der Waals surface area contributed by atoms with E-state index in [1.165, 1.54) is 0 Å². The molecule has 0 spiro atoms. The van der Waals surface area contributed by atoms with Crippen molar-refractivity contribution in [1.29, 1.82) is 0 Å². The lowest BCUT2D eigenvalue weighted by molar-refractivity contribution is -0.117. The maximum atomic E-state index is 10.9. The molecule has 0 amide bonds. The fourth-order valence-corrected chi connectivity index (χ4v) is 1.30. The fraction of sp³-hybridized carbons (Fsp3) is 0.909. The van der Waals surface area contributed by atoms with E-state index in [9.17, 15) is 4.79 Å². The number of Topliss-reactive ketones (excluding diaryl/α,β-unsaturated/α-hetero) is 1. The molecule has 0 atom stereocenters. The number of rotatable bonds is 10. The summed E-state index contributed by atoms with van der Waals surface area (Å²) >= 11 is 0. The van der Waals surface area contributed by atoms with Crippen molar-refractivity contribution in [3.05, 3.63) is 0 Å². The Hall–Kier alpha value is -0.450. The van der Waals surface area contributed by atoms with Gasteiger partial charge < -0.3 is 14.4 Å². The van der Waals surface area contributed by atoms with E-state index in [0.717, 1.165) is 32.7 Å². The van der Waals surface area contributed by atoms with Gasteiger partial charge in [-0.15, -0.1) is 0 Å². The Balaban J connectivity index is 3.67. The van der Waals surface area contributed by atoms with Crippen LogP contribution < -0.4 is 0 Å². The molecule has 15 heavy (non-hydrogen) atoms. The van der Waals surface area contributed by atoms with E-state index in [2.05, 4.69) is 4.90 Å². The lowest BCUT2D eigenvalue weighted by Crippen LogP contribution is -2.31. The monoisotopic (exact) mass is 217 g/mol. The molecule has 0 aliphatic rings. The van der Waals surface area contributed by atoms with Crippen LogP contribution in [0.4, 0.5) is 0 Å². The molecular weight excluding hydrogens is 194 g/mol. The second kappa shape index (κ2) is 10.1. The molecule has 0 saturated heterocycles. The van der Waals surface area contributed by atoms with Crippen LogP contribution >= 0.6 is 0 Å². The van der Waals surface area contributed by atoms with Gasteiger partial charge in [0.15, 0.2) is 0 Å². The summed E-state index contributed by atoms with van der Waals surface area (Å²) in [6.45, 7) is 5.78. The Labute approximate surface area is 92.5 Å². The van der Waals surface area contributed by atoms with Crippen molar-refractivity contribution in [2.75, 3.05) is 47.1 Å². The third-order valence-corrected chi connectivity index (χ3v) is 2.21. The number of carbonyl (C=O) groups is 1. The predicted octanol–water partition coefficient (Wildman–Crippen LogP) is 0.950. The zero-order valence-electron chi connectivity index (χ0n) is 10.1. The molecule has 0 heterocycles. The third kappa shape index (κ3) is 9.85. The highest BCUT2D eigenvalue weighted by molar-refractivity contribution is 5.75. The molecule has 0 rings (SSSR count). The van der Waals surface area contributed by atoms with Gasteiger partial charge in [-0.3, -0.25) is 4.79 Å². The van der Waals surface area contributed by atoms with Gasteiger partial charge in [-0.05, 0) is 13.3 Å². The highest BCUT2D eigenvalue weighted by Crippen LogP contribution is 1.95. The van der Waals surface area contributed by atoms with Gasteiger partial charge in [0.1, 0.15) is 5.78 Å². The van der Waals surface area contributed by atoms with Crippen LogP contribution in [-0.2, 0) is 14.3 Å². The molecule has 0 saturated carbocycles. The third-order valence-electron chi connectivity index (χ3n) is 2.21. The molecule has 0 radical (unpaired) electrons. The van der Waals surface area contributed by atoms with E-state index >= 15 is 0 Å². The maximum absolute atomic E-state index is 10.9. The van der Waals surface area contributed by atoms with E-state index in [1.807, 2.05) is 0 Å². The van der Waals surface area contributed by atoms with Crippen LogP contribution in [0.1, 0.15) is 19.8 Å². The molecule has 0 aliphatic heterocycles. The predicted molar refractivity (Wildman–Crippen MR) is 60.1 cm³/mol. The van der Waals surface area contributed by atoms with Crippen LogP contribution in [0.25, 0.3) is 0 Å². The SMILES string of the molecule is COCCCN(CCOC)CCC(C)=O. The topological polar surface area (TPSA) is 38.8 Å². The molecule has 0 aliphatic carbocycles. The number of carbonyl (C=O) groups excluding carboxylic acids is 1. The molecule has 90 valence electrons. The Morgan fingerprint density at radius 1 is 1.07 bits per heavy atom. The zero-order chi connectivity index (χ0) is 11.5. The van der Waals surface area contributed by atoms with Gasteiger partial charge in [0.25, 0.3) is 0 Å². The molecular formula is C11H23NO3.